The van der Waals surface area contributed by atoms with Gasteiger partial charge in [0.25, 0.3) is 0 Å². The Morgan fingerprint density at radius 1 is 1.26 bits per heavy atom. The maximum Gasteiger partial charge on any atom is 0.324 e. The van der Waals surface area contributed by atoms with Gasteiger partial charge in [-0.3, -0.25) is 10.1 Å². The van der Waals surface area contributed by atoms with Gasteiger partial charge in [-0.1, -0.05) is 19.3 Å². The highest BCUT2D eigenvalue weighted by atomic mass is 16.5. The smallest absolute Gasteiger partial charge is 0.324 e. The lowest BCUT2D eigenvalue weighted by atomic mass is 9.83. The normalized spacial score (nSPS) is 35.3. The van der Waals surface area contributed by atoms with Gasteiger partial charge in [-0.15, -0.1) is 0 Å². The first-order valence-electron chi connectivity index (χ1n) is 7.81. The molecule has 0 bridgehead atoms. The molecule has 3 rings (SSSR count). The van der Waals surface area contributed by atoms with Gasteiger partial charge in [0.05, 0.1) is 6.10 Å². The van der Waals surface area contributed by atoms with E-state index in [4.69, 9.17) is 4.74 Å². The van der Waals surface area contributed by atoms with Crippen LogP contribution in [0.15, 0.2) is 0 Å². The minimum Gasteiger partial charge on any atom is -0.480 e. The maximum atomic E-state index is 11.6. The Kier molecular flexibility index (Phi) is 3.81. The fraction of sp³-hybridized carbons (Fsp3) is 0.933. The van der Waals surface area contributed by atoms with E-state index in [2.05, 4.69) is 5.32 Å². The van der Waals surface area contributed by atoms with E-state index >= 15 is 0 Å². The van der Waals surface area contributed by atoms with Crippen molar-refractivity contribution in [2.45, 2.75) is 75.5 Å². The van der Waals surface area contributed by atoms with E-state index in [9.17, 15) is 9.90 Å². The van der Waals surface area contributed by atoms with Crippen LogP contribution >= 0.6 is 0 Å². The van der Waals surface area contributed by atoms with Gasteiger partial charge in [-0.25, -0.2) is 0 Å². The van der Waals surface area contributed by atoms with Crippen LogP contribution in [0.3, 0.4) is 0 Å². The van der Waals surface area contributed by atoms with Crippen molar-refractivity contribution in [3.63, 3.8) is 0 Å². The highest BCUT2D eigenvalue weighted by Gasteiger charge is 2.48. The van der Waals surface area contributed by atoms with Crippen molar-refractivity contribution in [2.75, 3.05) is 6.61 Å². The van der Waals surface area contributed by atoms with Crippen molar-refractivity contribution in [1.29, 1.82) is 0 Å². The van der Waals surface area contributed by atoms with Crippen molar-refractivity contribution >= 4 is 5.97 Å². The van der Waals surface area contributed by atoms with Gasteiger partial charge in [-0.05, 0) is 38.0 Å². The molecule has 0 saturated heterocycles. The van der Waals surface area contributed by atoms with Gasteiger partial charge >= 0.3 is 5.97 Å². The first-order valence-corrected chi connectivity index (χ1v) is 7.81. The third kappa shape index (κ3) is 3.11. The lowest BCUT2D eigenvalue weighted by Gasteiger charge is -2.27. The Balaban J connectivity index is 1.44. The number of nitrogens with one attached hydrogen (secondary N) is 1. The molecule has 3 fully saturated rings. The van der Waals surface area contributed by atoms with E-state index in [1.54, 1.807) is 0 Å². The standard InChI is InChI=1S/C15H25NO3/c17-14(18)15(16-12-4-5-12)8-6-13(10-15)19-9-7-11-2-1-3-11/h11-13,16H,1-10H2,(H,17,18). The van der Waals surface area contributed by atoms with Crippen LogP contribution in [0, 0.1) is 5.92 Å². The second kappa shape index (κ2) is 5.41. The Labute approximate surface area is 114 Å². The molecule has 0 aliphatic heterocycles. The molecule has 2 unspecified atom stereocenters. The van der Waals surface area contributed by atoms with E-state index in [0.717, 1.165) is 38.2 Å². The molecule has 0 spiro atoms. The number of hydrogen-bond donors (Lipinski definition) is 2. The summed E-state index contributed by atoms with van der Waals surface area (Å²) in [6, 6.07) is 0.435. The number of ether oxygens (including phenoxy) is 1. The number of aliphatic carboxylic acids is 1. The molecule has 0 radical (unpaired) electrons. The van der Waals surface area contributed by atoms with Gasteiger partial charge in [0.15, 0.2) is 0 Å². The molecule has 3 aliphatic carbocycles. The SMILES string of the molecule is O=C(O)C1(NC2CC2)CCC(OCCC2CCC2)C1. The molecule has 4 nitrogen and oxygen atoms in total. The second-order valence-electron chi connectivity index (χ2n) is 6.63. The van der Waals surface area contributed by atoms with Crippen molar-refractivity contribution in [3.05, 3.63) is 0 Å². The summed E-state index contributed by atoms with van der Waals surface area (Å²) in [7, 11) is 0. The fourth-order valence-corrected chi connectivity index (χ4v) is 3.33. The van der Waals surface area contributed by atoms with Gasteiger partial charge < -0.3 is 9.84 Å². The molecule has 4 heteroatoms. The molecule has 0 aromatic rings. The molecular weight excluding hydrogens is 242 g/mol. The summed E-state index contributed by atoms with van der Waals surface area (Å²) in [5.74, 6) is 0.180. The summed E-state index contributed by atoms with van der Waals surface area (Å²) >= 11 is 0. The van der Waals surface area contributed by atoms with Gasteiger partial charge in [0.1, 0.15) is 5.54 Å². The third-order valence-electron chi connectivity index (χ3n) is 5.04. The predicted octanol–water partition coefficient (Wildman–Crippen LogP) is 2.32. The van der Waals surface area contributed by atoms with Crippen LogP contribution in [-0.4, -0.2) is 35.4 Å². The van der Waals surface area contributed by atoms with Crippen LogP contribution in [0.5, 0.6) is 0 Å². The predicted molar refractivity (Wildman–Crippen MR) is 72.1 cm³/mol. The second-order valence-corrected chi connectivity index (χ2v) is 6.63. The average molecular weight is 267 g/mol. The molecular formula is C15H25NO3. The zero-order valence-electron chi connectivity index (χ0n) is 11.6. The molecule has 0 aromatic heterocycles. The molecule has 19 heavy (non-hydrogen) atoms. The molecule has 3 saturated carbocycles. The fourth-order valence-electron chi connectivity index (χ4n) is 3.33. The molecule has 108 valence electrons. The molecule has 0 aromatic carbocycles. The van der Waals surface area contributed by atoms with Crippen molar-refractivity contribution in [1.82, 2.24) is 5.32 Å². The summed E-state index contributed by atoms with van der Waals surface area (Å²) in [5.41, 5.74) is -0.706. The summed E-state index contributed by atoms with van der Waals surface area (Å²) in [6.07, 6.45) is 9.89. The minimum absolute atomic E-state index is 0.141. The van der Waals surface area contributed by atoms with E-state index < -0.39 is 11.5 Å². The van der Waals surface area contributed by atoms with E-state index in [1.165, 1.54) is 19.3 Å². The highest BCUT2D eigenvalue weighted by molar-refractivity contribution is 5.79. The van der Waals surface area contributed by atoms with Gasteiger partial charge in [0.2, 0.25) is 0 Å². The van der Waals surface area contributed by atoms with Crippen molar-refractivity contribution < 1.29 is 14.6 Å². The zero-order valence-corrected chi connectivity index (χ0v) is 11.6. The van der Waals surface area contributed by atoms with E-state index in [0.29, 0.717) is 18.9 Å². The largest absolute Gasteiger partial charge is 0.480 e. The highest BCUT2D eigenvalue weighted by Crippen LogP contribution is 2.36. The van der Waals surface area contributed by atoms with Crippen LogP contribution in [0.4, 0.5) is 0 Å². The summed E-state index contributed by atoms with van der Waals surface area (Å²) < 4.78 is 5.91. The number of hydrogen-bond acceptors (Lipinski definition) is 3. The molecule has 3 aliphatic rings. The Hall–Kier alpha value is -0.610. The van der Waals surface area contributed by atoms with Gasteiger partial charge in [-0.2, -0.15) is 0 Å². The first-order chi connectivity index (χ1) is 9.18. The summed E-state index contributed by atoms with van der Waals surface area (Å²) in [4.78, 5) is 11.6. The number of carbonyl (C=O) groups is 1. The van der Waals surface area contributed by atoms with Crippen molar-refractivity contribution in [3.8, 4) is 0 Å². The topological polar surface area (TPSA) is 58.6 Å². The van der Waals surface area contributed by atoms with Crippen LogP contribution in [0.1, 0.15) is 57.8 Å². The van der Waals surface area contributed by atoms with Gasteiger partial charge in [0, 0.05) is 19.1 Å². The molecule has 0 amide bonds. The van der Waals surface area contributed by atoms with Crippen LogP contribution in [-0.2, 0) is 9.53 Å². The van der Waals surface area contributed by atoms with E-state index in [-0.39, 0.29) is 6.10 Å². The monoisotopic (exact) mass is 267 g/mol. The zero-order chi connectivity index (χ0) is 13.3. The quantitative estimate of drug-likeness (QED) is 0.743. The summed E-state index contributed by atoms with van der Waals surface area (Å²) in [6.45, 7) is 0.814. The summed E-state index contributed by atoms with van der Waals surface area (Å²) in [5, 5.41) is 12.8. The van der Waals surface area contributed by atoms with Crippen molar-refractivity contribution in [2.24, 2.45) is 5.92 Å². The lowest BCUT2D eigenvalue weighted by molar-refractivity contribution is -0.145. The number of carboxylic acids is 1. The Morgan fingerprint density at radius 3 is 2.63 bits per heavy atom. The Bertz CT molecular complexity index is 338. The minimum atomic E-state index is -0.706. The Morgan fingerprint density at radius 2 is 2.05 bits per heavy atom. The van der Waals surface area contributed by atoms with Crippen LogP contribution < -0.4 is 5.32 Å². The first kappa shape index (κ1) is 13.4. The average Bonchev–Trinajstić information content (AvgIpc) is 3.02. The van der Waals surface area contributed by atoms with Crippen LogP contribution in [0.25, 0.3) is 0 Å². The molecule has 2 N–H and O–H groups in total. The third-order valence-corrected chi connectivity index (χ3v) is 5.04. The maximum absolute atomic E-state index is 11.6. The van der Waals surface area contributed by atoms with E-state index in [1.807, 2.05) is 0 Å². The number of carboxylic acid groups (broad SMARTS) is 1. The molecule has 0 heterocycles. The van der Waals surface area contributed by atoms with Crippen LogP contribution in [0.2, 0.25) is 0 Å². The number of rotatable bonds is 7. The molecule has 2 atom stereocenters. The lowest BCUT2D eigenvalue weighted by Crippen LogP contribution is -2.51.